The van der Waals surface area contributed by atoms with Crippen molar-refractivity contribution < 1.29 is 53.6 Å². The summed E-state index contributed by atoms with van der Waals surface area (Å²) in [5, 5.41) is 1.03. The lowest BCUT2D eigenvalue weighted by molar-refractivity contribution is -0.884. The van der Waals surface area contributed by atoms with Gasteiger partial charge in [-0.15, -0.1) is 0 Å². The first-order valence-electron chi connectivity index (χ1n) is 17.2. The van der Waals surface area contributed by atoms with E-state index in [0.717, 1.165) is 93.0 Å². The van der Waals surface area contributed by atoms with Crippen molar-refractivity contribution in [3.8, 4) is 28.5 Å². The Labute approximate surface area is 297 Å². The highest BCUT2D eigenvalue weighted by molar-refractivity contribution is 6.10. The highest BCUT2D eigenvalue weighted by atomic mass is 35.5. The van der Waals surface area contributed by atoms with E-state index in [1.807, 2.05) is 11.0 Å². The number of nitrogens with one attached hydrogen (secondary N) is 2. The van der Waals surface area contributed by atoms with Gasteiger partial charge in [-0.25, -0.2) is 4.98 Å². The van der Waals surface area contributed by atoms with E-state index in [0.29, 0.717) is 24.6 Å². The van der Waals surface area contributed by atoms with Gasteiger partial charge in [0.1, 0.15) is 5.75 Å². The number of halogens is 2. The predicted octanol–water partition coefficient (Wildman–Crippen LogP) is -5.66. The van der Waals surface area contributed by atoms with Gasteiger partial charge >= 0.3 is 0 Å². The maximum Gasteiger partial charge on any atom is 0.241 e. The van der Waals surface area contributed by atoms with Gasteiger partial charge in [-0.2, -0.15) is 0 Å². The van der Waals surface area contributed by atoms with E-state index in [-0.39, 0.29) is 30.7 Å². The molecule has 3 aromatic rings. The first kappa shape index (κ1) is 36.4. The van der Waals surface area contributed by atoms with Crippen LogP contribution in [-0.2, 0) is 24.1 Å². The van der Waals surface area contributed by atoms with Crippen molar-refractivity contribution in [2.75, 3.05) is 112 Å². The summed E-state index contributed by atoms with van der Waals surface area (Å²) in [6.07, 6.45) is 3.70. The largest absolute Gasteiger partial charge is 1.00 e. The number of methoxy groups -OCH3 is 2. The number of piperazine rings is 2. The van der Waals surface area contributed by atoms with Crippen LogP contribution in [0.2, 0.25) is 0 Å². The number of hydrogen-bond donors (Lipinski definition) is 2. The fourth-order valence-electron chi connectivity index (χ4n) is 7.80. The SMILES string of the molecule is COc1cc2nc3c(c4c2c(c1OC)N(C(=O)CN1CC[NH+](C)CC1)CC4)CCc1cc(OCCCN2CC[NH+](C)CC2)ccc1-3.[Cl-].[Cl-]. The van der Waals surface area contributed by atoms with Gasteiger partial charge in [0.25, 0.3) is 0 Å². The van der Waals surface area contributed by atoms with Crippen molar-refractivity contribution in [2.45, 2.75) is 25.7 Å². The van der Waals surface area contributed by atoms with Crippen molar-refractivity contribution in [1.29, 1.82) is 0 Å². The highest BCUT2D eigenvalue weighted by Crippen LogP contribution is 2.49. The standard InChI is InChI=1S/C36H48N6O4.2ClH/c1-38-13-17-40(18-14-38)11-5-21-46-26-7-9-27-25(22-26)6-8-29-28-10-12-42(32(43)24-41-19-15-39(2)16-20-41)35-33(28)30(37-34(27)29)23-31(44-3)36(35)45-4;;/h7,9,22-23H,5-6,8,10-21,24H2,1-4H3;2*1H. The van der Waals surface area contributed by atoms with Crippen LogP contribution in [0.15, 0.2) is 24.3 Å². The lowest BCUT2D eigenvalue weighted by Gasteiger charge is -2.36. The third-order valence-corrected chi connectivity index (χ3v) is 10.6. The van der Waals surface area contributed by atoms with E-state index in [1.54, 1.807) is 19.1 Å². The Bertz CT molecular complexity index is 1610. The Kier molecular flexibility index (Phi) is 12.0. The number of ether oxygens (including phenoxy) is 3. The monoisotopic (exact) mass is 700 g/mol. The molecule has 2 aromatic carbocycles. The van der Waals surface area contributed by atoms with Crippen molar-refractivity contribution in [1.82, 2.24) is 14.8 Å². The molecule has 0 atom stereocenters. The molecular formula is C36H50Cl2N6O4. The fourth-order valence-corrected chi connectivity index (χ4v) is 7.80. The molecule has 0 bridgehead atoms. The van der Waals surface area contributed by atoms with Crippen LogP contribution >= 0.6 is 0 Å². The maximum atomic E-state index is 13.9. The zero-order valence-electron chi connectivity index (χ0n) is 28.8. The number of carbonyl (C=O) groups is 1. The average Bonchev–Trinajstić information content (AvgIpc) is 3.08. The van der Waals surface area contributed by atoms with Gasteiger partial charge in [0.05, 0.1) is 84.5 Å². The number of aryl methyl sites for hydroxylation is 1. The number of amides is 1. The van der Waals surface area contributed by atoms with Crippen LogP contribution < -0.4 is 53.7 Å². The van der Waals surface area contributed by atoms with Crippen molar-refractivity contribution in [3.05, 3.63) is 41.0 Å². The van der Waals surface area contributed by atoms with E-state index in [1.165, 1.54) is 53.3 Å². The fraction of sp³-hybridized carbons (Fsp3) is 0.556. The molecule has 0 radical (unpaired) electrons. The van der Waals surface area contributed by atoms with Gasteiger partial charge in [-0.05, 0) is 60.6 Å². The number of carbonyl (C=O) groups excluding carboxylic acids is 1. The Morgan fingerprint density at radius 1 is 0.854 bits per heavy atom. The molecule has 0 unspecified atom stereocenters. The molecule has 0 saturated carbocycles. The van der Waals surface area contributed by atoms with Gasteiger partial charge in [-0.1, -0.05) is 0 Å². The van der Waals surface area contributed by atoms with Gasteiger partial charge in [-0.3, -0.25) is 14.6 Å². The first-order chi connectivity index (χ1) is 22.4. The topological polar surface area (TPSA) is 76.2 Å². The number of aromatic nitrogens is 1. The number of hydrogen-bond acceptors (Lipinski definition) is 7. The minimum Gasteiger partial charge on any atom is -1.00 e. The second-order valence-electron chi connectivity index (χ2n) is 13.6. The lowest BCUT2D eigenvalue weighted by atomic mass is 9.83. The molecule has 1 amide bonds. The maximum absolute atomic E-state index is 13.9. The third kappa shape index (κ3) is 7.20. The number of fused-ring (bicyclic) bond motifs is 4. The molecule has 2 saturated heterocycles. The summed E-state index contributed by atoms with van der Waals surface area (Å²) >= 11 is 0. The lowest BCUT2D eigenvalue weighted by Crippen LogP contribution is -3.12. The number of anilines is 1. The molecular weight excluding hydrogens is 651 g/mol. The molecule has 262 valence electrons. The van der Waals surface area contributed by atoms with Crippen LogP contribution in [-0.4, -0.2) is 128 Å². The summed E-state index contributed by atoms with van der Waals surface area (Å²) in [6, 6.07) is 8.49. The molecule has 1 aromatic heterocycles. The van der Waals surface area contributed by atoms with Crippen LogP contribution in [0.4, 0.5) is 5.69 Å². The van der Waals surface area contributed by atoms with Gasteiger partial charge in [0.2, 0.25) is 5.91 Å². The molecule has 1 aliphatic carbocycles. The summed E-state index contributed by atoms with van der Waals surface area (Å²) in [4.78, 5) is 29.1. The first-order valence-corrected chi connectivity index (χ1v) is 17.2. The van der Waals surface area contributed by atoms with Crippen LogP contribution in [0.25, 0.3) is 22.2 Å². The summed E-state index contributed by atoms with van der Waals surface area (Å²) in [6.45, 7) is 11.7. The van der Waals surface area contributed by atoms with Gasteiger partial charge < -0.3 is 53.7 Å². The average molecular weight is 702 g/mol. The molecule has 48 heavy (non-hydrogen) atoms. The quantitative estimate of drug-likeness (QED) is 0.216. The summed E-state index contributed by atoms with van der Waals surface area (Å²) < 4.78 is 18.0. The number of likely N-dealkylation sites (N-methyl/N-ethyl adjacent to an activating group) is 2. The molecule has 12 heteroatoms. The summed E-state index contributed by atoms with van der Waals surface area (Å²) in [7, 11) is 7.81. The summed E-state index contributed by atoms with van der Waals surface area (Å²) in [5.74, 6) is 2.26. The molecule has 4 heterocycles. The number of nitrogens with zero attached hydrogens (tertiary/aromatic N) is 4. The van der Waals surface area contributed by atoms with Crippen molar-refractivity contribution in [3.63, 3.8) is 0 Å². The normalized spacial score (nSPS) is 18.4. The third-order valence-electron chi connectivity index (χ3n) is 10.6. The van der Waals surface area contributed by atoms with Gasteiger partial charge in [0, 0.05) is 56.3 Å². The number of benzene rings is 2. The van der Waals surface area contributed by atoms with E-state index < -0.39 is 0 Å². The van der Waals surface area contributed by atoms with E-state index >= 15 is 0 Å². The Balaban J connectivity index is 0.00000225. The Morgan fingerprint density at radius 2 is 1.56 bits per heavy atom. The number of quaternary nitrogens is 2. The Hall–Kier alpha value is -2.86. The van der Waals surface area contributed by atoms with Crippen LogP contribution in [0, 0.1) is 0 Å². The highest BCUT2D eigenvalue weighted by Gasteiger charge is 2.35. The minimum absolute atomic E-state index is 0. The second kappa shape index (κ2) is 15.8. The molecule has 10 nitrogen and oxygen atoms in total. The molecule has 4 aliphatic rings. The molecule has 2 fully saturated rings. The minimum atomic E-state index is 0. The Morgan fingerprint density at radius 3 is 2.25 bits per heavy atom. The van der Waals surface area contributed by atoms with E-state index in [4.69, 9.17) is 19.2 Å². The van der Waals surface area contributed by atoms with Crippen molar-refractivity contribution >= 4 is 22.5 Å². The molecule has 7 rings (SSSR count). The van der Waals surface area contributed by atoms with Crippen LogP contribution in [0.1, 0.15) is 23.1 Å². The van der Waals surface area contributed by atoms with Crippen LogP contribution in [0.3, 0.4) is 0 Å². The number of rotatable bonds is 9. The smallest absolute Gasteiger partial charge is 0.241 e. The van der Waals surface area contributed by atoms with E-state index in [2.05, 4.69) is 42.1 Å². The van der Waals surface area contributed by atoms with Gasteiger partial charge in [0.15, 0.2) is 11.5 Å². The molecule has 3 aliphatic heterocycles. The zero-order valence-corrected chi connectivity index (χ0v) is 30.3. The van der Waals surface area contributed by atoms with E-state index in [9.17, 15) is 4.79 Å². The second-order valence-corrected chi connectivity index (χ2v) is 13.6. The number of pyridine rings is 1. The summed E-state index contributed by atoms with van der Waals surface area (Å²) in [5.41, 5.74) is 7.76. The predicted molar refractivity (Wildman–Crippen MR) is 180 cm³/mol. The zero-order chi connectivity index (χ0) is 31.8. The molecule has 2 N–H and O–H groups in total. The molecule has 0 spiro atoms. The van der Waals surface area contributed by atoms with Crippen LogP contribution in [0.5, 0.6) is 17.2 Å². The van der Waals surface area contributed by atoms with Crippen molar-refractivity contribution in [2.24, 2.45) is 0 Å².